The van der Waals surface area contributed by atoms with Gasteiger partial charge in [-0.1, -0.05) is 44.2 Å². The third kappa shape index (κ3) is 6.71. The Bertz CT molecular complexity index is 1340. The lowest BCUT2D eigenvalue weighted by atomic mass is 9.81. The molecule has 2 aromatic rings. The zero-order chi connectivity index (χ0) is 30.8. The molecule has 0 aromatic heterocycles. The second kappa shape index (κ2) is 13.1. The minimum atomic E-state index is -3.95. The van der Waals surface area contributed by atoms with Crippen molar-refractivity contribution in [3.05, 3.63) is 60.2 Å². The summed E-state index contributed by atoms with van der Waals surface area (Å²) in [6.45, 7) is 6.37. The molecule has 10 nitrogen and oxygen atoms in total. The highest BCUT2D eigenvalue weighted by molar-refractivity contribution is 7.89. The van der Waals surface area contributed by atoms with Gasteiger partial charge in [0.1, 0.15) is 17.5 Å². The smallest absolute Gasteiger partial charge is 0.407 e. The maximum Gasteiger partial charge on any atom is 0.407 e. The molecule has 3 heterocycles. The fourth-order valence-corrected chi connectivity index (χ4v) is 8.44. The first kappa shape index (κ1) is 31.7. The number of aliphatic hydroxyl groups is 1. The fraction of sp³-hybridized carbons (Fsp3) is 0.594. The summed E-state index contributed by atoms with van der Waals surface area (Å²) in [7, 11) is -2.44. The highest BCUT2D eigenvalue weighted by atomic mass is 32.2. The number of methoxy groups -OCH3 is 1. The van der Waals surface area contributed by atoms with Crippen molar-refractivity contribution in [1.29, 1.82) is 0 Å². The number of nitrogens with zero attached hydrogens (tertiary/aromatic N) is 1. The molecule has 0 radical (unpaired) electrons. The van der Waals surface area contributed by atoms with Crippen LogP contribution in [0.15, 0.2) is 59.5 Å². The molecule has 0 unspecified atom stereocenters. The van der Waals surface area contributed by atoms with Gasteiger partial charge in [0.05, 0.1) is 43.0 Å². The van der Waals surface area contributed by atoms with Crippen LogP contribution in [-0.4, -0.2) is 86.8 Å². The van der Waals surface area contributed by atoms with Crippen molar-refractivity contribution in [1.82, 2.24) is 9.62 Å². The zero-order valence-electron chi connectivity index (χ0n) is 25.3. The molecule has 7 atom stereocenters. The van der Waals surface area contributed by atoms with E-state index in [1.165, 1.54) is 23.5 Å². The van der Waals surface area contributed by atoms with Crippen molar-refractivity contribution in [2.45, 2.75) is 87.4 Å². The zero-order valence-corrected chi connectivity index (χ0v) is 26.2. The van der Waals surface area contributed by atoms with Crippen LogP contribution in [0.25, 0.3) is 0 Å². The molecule has 11 heteroatoms. The predicted octanol–water partition coefficient (Wildman–Crippen LogP) is 3.77. The highest BCUT2D eigenvalue weighted by Crippen LogP contribution is 2.52. The number of nitrogens with one attached hydrogen (secondary N) is 1. The topological polar surface area (TPSA) is 124 Å². The lowest BCUT2D eigenvalue weighted by Gasteiger charge is -2.42. The van der Waals surface area contributed by atoms with E-state index >= 15 is 0 Å². The number of alkyl carbamates (subject to hydrolysis) is 1. The molecule has 5 rings (SSSR count). The van der Waals surface area contributed by atoms with Crippen LogP contribution < -0.4 is 10.1 Å². The van der Waals surface area contributed by atoms with Crippen molar-refractivity contribution >= 4 is 16.1 Å². The molecule has 0 saturated carbocycles. The molecule has 3 aliphatic rings. The number of carbonyl (C=O) groups is 1. The SMILES string of the molecule is COc1ccc(S(=O)(=O)N(CC(C)C)C[C@@H](O)[C@H](Cc2ccccc2)NC(=O)O[C@@H]2CC[C@@H]3C[C@H]4CO[C@@H](C)[C@@]42O3)cc1. The van der Waals surface area contributed by atoms with Crippen LogP contribution in [0.5, 0.6) is 5.75 Å². The van der Waals surface area contributed by atoms with Crippen molar-refractivity contribution < 1.29 is 37.3 Å². The van der Waals surface area contributed by atoms with E-state index in [-0.39, 0.29) is 48.4 Å². The van der Waals surface area contributed by atoms with E-state index < -0.39 is 40.0 Å². The lowest BCUT2D eigenvalue weighted by molar-refractivity contribution is -0.182. The first-order chi connectivity index (χ1) is 20.5. The molecule has 0 aliphatic carbocycles. The van der Waals surface area contributed by atoms with Gasteiger partial charge in [0.2, 0.25) is 10.0 Å². The number of hydrogen-bond donors (Lipinski definition) is 2. The van der Waals surface area contributed by atoms with E-state index in [2.05, 4.69) is 5.32 Å². The Balaban J connectivity index is 1.34. The quantitative estimate of drug-likeness (QED) is 0.370. The number of ether oxygens (including phenoxy) is 4. The molecular formula is C32H44N2O8S. The van der Waals surface area contributed by atoms with Crippen LogP contribution in [0.4, 0.5) is 4.79 Å². The minimum Gasteiger partial charge on any atom is -0.497 e. The Morgan fingerprint density at radius 1 is 1.12 bits per heavy atom. The molecular weight excluding hydrogens is 572 g/mol. The summed E-state index contributed by atoms with van der Waals surface area (Å²) < 4.78 is 52.2. The Morgan fingerprint density at radius 2 is 1.84 bits per heavy atom. The van der Waals surface area contributed by atoms with Crippen LogP contribution >= 0.6 is 0 Å². The van der Waals surface area contributed by atoms with Crippen LogP contribution in [0.1, 0.15) is 45.6 Å². The minimum absolute atomic E-state index is 0.00455. The summed E-state index contributed by atoms with van der Waals surface area (Å²) in [5.41, 5.74) is 0.227. The summed E-state index contributed by atoms with van der Waals surface area (Å²) >= 11 is 0. The Kier molecular flexibility index (Phi) is 9.67. The average molecular weight is 617 g/mol. The summed E-state index contributed by atoms with van der Waals surface area (Å²) in [5, 5.41) is 14.4. The third-order valence-electron chi connectivity index (χ3n) is 8.97. The number of sulfonamides is 1. The number of aliphatic hydroxyl groups excluding tert-OH is 1. The van der Waals surface area contributed by atoms with E-state index in [1.54, 1.807) is 12.1 Å². The van der Waals surface area contributed by atoms with Crippen LogP contribution in [-0.2, 0) is 30.7 Å². The van der Waals surface area contributed by atoms with E-state index in [9.17, 15) is 18.3 Å². The highest BCUT2D eigenvalue weighted by Gasteiger charge is 2.64. The first-order valence-electron chi connectivity index (χ1n) is 15.2. The van der Waals surface area contributed by atoms with Crippen molar-refractivity contribution in [2.75, 3.05) is 26.8 Å². The first-order valence-corrected chi connectivity index (χ1v) is 16.6. The Hall–Kier alpha value is -2.70. The molecule has 3 saturated heterocycles. The maximum atomic E-state index is 13.7. The van der Waals surface area contributed by atoms with E-state index in [0.29, 0.717) is 18.8 Å². The number of rotatable bonds is 12. The molecule has 1 amide bonds. The molecule has 2 N–H and O–H groups in total. The number of carbonyl (C=O) groups excluding carboxylic acids is 1. The number of benzene rings is 2. The van der Waals surface area contributed by atoms with Gasteiger partial charge >= 0.3 is 6.09 Å². The van der Waals surface area contributed by atoms with Gasteiger partial charge in [-0.05, 0) is 68.4 Å². The summed E-state index contributed by atoms with van der Waals surface area (Å²) in [4.78, 5) is 13.5. The summed E-state index contributed by atoms with van der Waals surface area (Å²) in [5.74, 6) is 0.710. The number of amides is 1. The largest absolute Gasteiger partial charge is 0.497 e. The van der Waals surface area contributed by atoms with Crippen LogP contribution in [0.2, 0.25) is 0 Å². The monoisotopic (exact) mass is 616 g/mol. The van der Waals surface area contributed by atoms with E-state index in [4.69, 9.17) is 18.9 Å². The molecule has 236 valence electrons. The molecule has 1 spiro atoms. The van der Waals surface area contributed by atoms with Gasteiger partial charge in [-0.2, -0.15) is 4.31 Å². The van der Waals surface area contributed by atoms with Crippen LogP contribution in [0, 0.1) is 11.8 Å². The molecule has 43 heavy (non-hydrogen) atoms. The summed E-state index contributed by atoms with van der Waals surface area (Å²) in [6.07, 6.45) is 0.267. The number of hydrogen-bond acceptors (Lipinski definition) is 8. The second-order valence-corrected chi connectivity index (χ2v) is 14.3. The molecule has 3 fully saturated rings. The van der Waals surface area contributed by atoms with Gasteiger partial charge in [-0.15, -0.1) is 0 Å². The lowest BCUT2D eigenvalue weighted by Crippen LogP contribution is -2.57. The van der Waals surface area contributed by atoms with Gasteiger partial charge in [0.15, 0.2) is 0 Å². The normalized spacial score (nSPS) is 28.0. The fourth-order valence-electron chi connectivity index (χ4n) is 6.82. The van der Waals surface area contributed by atoms with Crippen LogP contribution in [0.3, 0.4) is 0 Å². The average Bonchev–Trinajstić information content (AvgIpc) is 3.45. The van der Waals surface area contributed by atoms with Gasteiger partial charge in [0, 0.05) is 19.0 Å². The van der Waals surface area contributed by atoms with Crippen molar-refractivity contribution in [3.8, 4) is 5.75 Å². The van der Waals surface area contributed by atoms with Crippen molar-refractivity contribution in [3.63, 3.8) is 0 Å². The van der Waals surface area contributed by atoms with E-state index in [0.717, 1.165) is 18.4 Å². The number of fused-ring (bicyclic) bond motifs is 1. The third-order valence-corrected chi connectivity index (χ3v) is 10.8. The van der Waals surface area contributed by atoms with Gasteiger partial charge in [-0.25, -0.2) is 13.2 Å². The molecule has 2 aromatic carbocycles. The molecule has 3 aliphatic heterocycles. The predicted molar refractivity (Wildman–Crippen MR) is 160 cm³/mol. The van der Waals surface area contributed by atoms with E-state index in [1.807, 2.05) is 51.1 Å². The standard InChI is InChI=1S/C32H44N2O8S/c1-21(2)18-34(43(37,38)27-13-10-25(39-4)11-14-27)19-29(35)28(16-23-8-6-5-7-9-23)33-31(36)41-30-15-12-26-17-24-20-40-22(3)32(24,30)42-26/h5-11,13-14,21-22,24,26,28-30,35H,12,15-20H2,1-4H3,(H,33,36)/t22-,24-,26+,28-,29+,30+,32+/m0/s1. The Labute approximate surface area is 254 Å². The van der Waals surface area contributed by atoms with Crippen molar-refractivity contribution in [2.24, 2.45) is 11.8 Å². The Morgan fingerprint density at radius 3 is 2.51 bits per heavy atom. The van der Waals surface area contributed by atoms with Gasteiger partial charge in [0.25, 0.3) is 0 Å². The van der Waals surface area contributed by atoms with Gasteiger partial charge in [-0.3, -0.25) is 0 Å². The second-order valence-electron chi connectivity index (χ2n) is 12.4. The summed E-state index contributed by atoms with van der Waals surface area (Å²) in [6, 6.07) is 14.8. The molecule has 2 bridgehead atoms. The van der Waals surface area contributed by atoms with Gasteiger partial charge < -0.3 is 29.4 Å². The maximum absolute atomic E-state index is 13.7.